The summed E-state index contributed by atoms with van der Waals surface area (Å²) in [4.78, 5) is 0. The molecule has 2 heterocycles. The van der Waals surface area contributed by atoms with Crippen LogP contribution in [0.1, 0.15) is 11.5 Å². The molecule has 6 nitrogen and oxygen atoms in total. The van der Waals surface area contributed by atoms with Gasteiger partial charge >= 0.3 is 0 Å². The van der Waals surface area contributed by atoms with Crippen LogP contribution in [-0.4, -0.2) is 10.3 Å². The van der Waals surface area contributed by atoms with E-state index in [9.17, 15) is 0 Å². The summed E-state index contributed by atoms with van der Waals surface area (Å²) < 4.78 is 11.2. The Kier molecular flexibility index (Phi) is 4.83. The fourth-order valence-electron chi connectivity index (χ4n) is 0.756. The highest BCUT2D eigenvalue weighted by molar-refractivity contribution is 14.1. The SMILES string of the molecule is Cc1onc(N)c1I.Cc1onc(N)c1I. The first-order valence-corrected chi connectivity index (χ1v) is 6.33. The van der Waals surface area contributed by atoms with Crippen LogP contribution in [-0.2, 0) is 0 Å². The smallest absolute Gasteiger partial charge is 0.180 e. The third-order valence-corrected chi connectivity index (χ3v) is 4.25. The highest BCUT2D eigenvalue weighted by Gasteiger charge is 2.03. The number of aromatic nitrogens is 2. The first-order valence-electron chi connectivity index (χ1n) is 4.18. The molecule has 0 amide bonds. The molecule has 2 aromatic rings. The Morgan fingerprint density at radius 1 is 0.875 bits per heavy atom. The monoisotopic (exact) mass is 448 g/mol. The Hall–Kier alpha value is -0.520. The summed E-state index contributed by atoms with van der Waals surface area (Å²) in [5.41, 5.74) is 10.7. The third-order valence-electron chi connectivity index (χ3n) is 1.63. The van der Waals surface area contributed by atoms with Crippen LogP contribution in [0.5, 0.6) is 0 Å². The first-order chi connectivity index (χ1) is 7.43. The molecule has 0 aliphatic heterocycles. The number of nitrogens with two attached hydrogens (primary N) is 2. The zero-order valence-corrected chi connectivity index (χ0v) is 12.9. The third kappa shape index (κ3) is 3.23. The quantitative estimate of drug-likeness (QED) is 0.600. The molecular weight excluding hydrogens is 438 g/mol. The van der Waals surface area contributed by atoms with Gasteiger partial charge in [0.2, 0.25) is 0 Å². The molecule has 2 aromatic heterocycles. The molecule has 2 rings (SSSR count). The highest BCUT2D eigenvalue weighted by atomic mass is 127. The van der Waals surface area contributed by atoms with Crippen LogP contribution in [0.15, 0.2) is 9.05 Å². The summed E-state index contributed by atoms with van der Waals surface area (Å²) in [5.74, 6) is 2.51. The average Bonchev–Trinajstić information content (AvgIpc) is 2.70. The summed E-state index contributed by atoms with van der Waals surface area (Å²) in [6, 6.07) is 0. The molecule has 0 saturated heterocycles. The van der Waals surface area contributed by atoms with Gasteiger partial charge in [-0.05, 0) is 59.0 Å². The average molecular weight is 448 g/mol. The van der Waals surface area contributed by atoms with Gasteiger partial charge in [0, 0.05) is 0 Å². The predicted octanol–water partition coefficient (Wildman–Crippen LogP) is 2.34. The highest BCUT2D eigenvalue weighted by Crippen LogP contribution is 2.16. The molecule has 16 heavy (non-hydrogen) atoms. The van der Waals surface area contributed by atoms with Crippen LogP contribution in [0.4, 0.5) is 11.6 Å². The molecule has 0 aromatic carbocycles. The Bertz CT molecular complexity index is 397. The Morgan fingerprint density at radius 2 is 1.19 bits per heavy atom. The molecule has 0 aliphatic carbocycles. The van der Waals surface area contributed by atoms with Gasteiger partial charge in [-0.3, -0.25) is 0 Å². The summed E-state index contributed by atoms with van der Waals surface area (Å²) in [7, 11) is 0. The number of nitrogens with zero attached hydrogens (tertiary/aromatic N) is 2. The van der Waals surface area contributed by atoms with Crippen LogP contribution >= 0.6 is 45.2 Å². The van der Waals surface area contributed by atoms with Crippen LogP contribution in [0, 0.1) is 21.0 Å². The zero-order valence-electron chi connectivity index (χ0n) is 8.62. The van der Waals surface area contributed by atoms with Gasteiger partial charge in [-0.25, -0.2) is 0 Å². The number of hydrogen-bond acceptors (Lipinski definition) is 6. The predicted molar refractivity (Wildman–Crippen MR) is 76.7 cm³/mol. The van der Waals surface area contributed by atoms with Gasteiger partial charge in [-0.15, -0.1) is 0 Å². The van der Waals surface area contributed by atoms with Crippen molar-refractivity contribution in [3.05, 3.63) is 18.7 Å². The number of anilines is 2. The van der Waals surface area contributed by atoms with Crippen LogP contribution in [0.25, 0.3) is 0 Å². The minimum Gasteiger partial charge on any atom is -0.380 e. The molecule has 0 radical (unpaired) electrons. The minimum absolute atomic E-state index is 0.475. The molecule has 0 saturated carbocycles. The van der Waals surface area contributed by atoms with Crippen molar-refractivity contribution < 1.29 is 9.05 Å². The molecule has 0 atom stereocenters. The number of hydrogen-bond donors (Lipinski definition) is 2. The number of nitrogen functional groups attached to an aromatic ring is 2. The summed E-state index contributed by atoms with van der Waals surface area (Å²) >= 11 is 4.17. The van der Waals surface area contributed by atoms with E-state index in [1.807, 2.05) is 13.8 Å². The minimum atomic E-state index is 0.475. The van der Waals surface area contributed by atoms with Gasteiger partial charge in [-0.2, -0.15) is 0 Å². The van der Waals surface area contributed by atoms with E-state index in [0.717, 1.165) is 18.7 Å². The van der Waals surface area contributed by atoms with Crippen molar-refractivity contribution in [1.29, 1.82) is 0 Å². The fraction of sp³-hybridized carbons (Fsp3) is 0.250. The first kappa shape index (κ1) is 13.5. The molecule has 0 bridgehead atoms. The lowest BCUT2D eigenvalue weighted by Crippen LogP contribution is -1.85. The van der Waals surface area contributed by atoms with Crippen molar-refractivity contribution >= 4 is 56.8 Å². The molecular formula is C8H10I2N4O2. The maximum atomic E-state index is 5.33. The van der Waals surface area contributed by atoms with Gasteiger partial charge in [0.25, 0.3) is 0 Å². The van der Waals surface area contributed by atoms with Crippen molar-refractivity contribution in [3.8, 4) is 0 Å². The van der Waals surface area contributed by atoms with Gasteiger partial charge in [-0.1, -0.05) is 10.3 Å². The van der Waals surface area contributed by atoms with Crippen molar-refractivity contribution in [2.45, 2.75) is 13.8 Å². The van der Waals surface area contributed by atoms with Crippen LogP contribution in [0.2, 0.25) is 0 Å². The van der Waals surface area contributed by atoms with Crippen molar-refractivity contribution in [2.24, 2.45) is 0 Å². The standard InChI is InChI=1S/2C4H5IN2O/c2*1-2-3(5)4(6)7-8-2/h2*1H3,(H2,6,7). The van der Waals surface area contributed by atoms with Crippen molar-refractivity contribution in [1.82, 2.24) is 10.3 Å². The van der Waals surface area contributed by atoms with E-state index in [-0.39, 0.29) is 0 Å². The largest absolute Gasteiger partial charge is 0.380 e. The van der Waals surface area contributed by atoms with Gasteiger partial charge in [0.15, 0.2) is 11.6 Å². The van der Waals surface area contributed by atoms with E-state index in [1.165, 1.54) is 0 Å². The van der Waals surface area contributed by atoms with Crippen molar-refractivity contribution in [3.63, 3.8) is 0 Å². The van der Waals surface area contributed by atoms with E-state index in [1.54, 1.807) is 0 Å². The Labute approximate surface area is 119 Å². The van der Waals surface area contributed by atoms with Crippen molar-refractivity contribution in [2.75, 3.05) is 11.5 Å². The molecule has 0 unspecified atom stereocenters. The molecule has 0 aliphatic rings. The molecule has 4 N–H and O–H groups in total. The number of halogens is 2. The van der Waals surface area contributed by atoms with Gasteiger partial charge in [0.05, 0.1) is 7.14 Å². The maximum absolute atomic E-state index is 5.33. The number of aryl methyl sites for hydroxylation is 2. The van der Waals surface area contributed by atoms with E-state index < -0.39 is 0 Å². The maximum Gasteiger partial charge on any atom is 0.180 e. The summed E-state index contributed by atoms with van der Waals surface area (Å²) in [6.07, 6.45) is 0. The number of rotatable bonds is 0. The van der Waals surface area contributed by atoms with Crippen LogP contribution in [0.3, 0.4) is 0 Å². The lowest BCUT2D eigenvalue weighted by molar-refractivity contribution is 0.399. The van der Waals surface area contributed by atoms with E-state index in [2.05, 4.69) is 55.5 Å². The Balaban J connectivity index is 0.000000160. The molecule has 8 heteroatoms. The summed E-state index contributed by atoms with van der Waals surface area (Å²) in [6.45, 7) is 3.65. The van der Waals surface area contributed by atoms with E-state index >= 15 is 0 Å². The lowest BCUT2D eigenvalue weighted by atomic mass is 10.5. The van der Waals surface area contributed by atoms with Gasteiger partial charge in [0.1, 0.15) is 11.5 Å². The lowest BCUT2D eigenvalue weighted by Gasteiger charge is -1.78. The second-order valence-electron chi connectivity index (χ2n) is 2.88. The van der Waals surface area contributed by atoms with Gasteiger partial charge < -0.3 is 20.5 Å². The fourth-order valence-corrected chi connectivity index (χ4v) is 1.15. The molecule has 0 fully saturated rings. The summed E-state index contributed by atoms with van der Waals surface area (Å²) in [5, 5.41) is 7.02. The Morgan fingerprint density at radius 3 is 1.25 bits per heavy atom. The van der Waals surface area contributed by atoms with E-state index in [4.69, 9.17) is 20.5 Å². The molecule has 0 spiro atoms. The second kappa shape index (κ2) is 5.70. The normalized spacial score (nSPS) is 9.75. The zero-order chi connectivity index (χ0) is 12.3. The second-order valence-corrected chi connectivity index (χ2v) is 5.03. The topological polar surface area (TPSA) is 104 Å². The van der Waals surface area contributed by atoms with E-state index in [0.29, 0.717) is 11.6 Å². The van der Waals surface area contributed by atoms with Crippen LogP contribution < -0.4 is 11.5 Å². The molecule has 88 valence electrons.